The van der Waals surface area contributed by atoms with E-state index in [-0.39, 0.29) is 11.5 Å². The molecule has 1 N–H and O–H groups in total. The number of carbonyl (C=O) groups is 1. The maximum Gasteiger partial charge on any atom is 0.306 e. The van der Waals surface area contributed by atoms with Crippen LogP contribution in [0.5, 0.6) is 5.75 Å². The van der Waals surface area contributed by atoms with E-state index in [4.69, 9.17) is 26.1 Å². The SMILES string of the molecule is CC(C)(C)OC(=O)CCCCCOc1ccc(Cc2nc3c(Cc4ccccc4)[nH]c(-c4ccccc4)cn-3c2=O)cc1Cl. The maximum absolute atomic E-state index is 13.6. The van der Waals surface area contributed by atoms with Crippen LogP contribution in [0.25, 0.3) is 17.1 Å². The van der Waals surface area contributed by atoms with Gasteiger partial charge in [0.2, 0.25) is 0 Å². The number of nitrogens with zero attached hydrogens (tertiary/aromatic N) is 2. The van der Waals surface area contributed by atoms with Crippen LogP contribution in [0.15, 0.2) is 89.9 Å². The number of halogens is 1. The van der Waals surface area contributed by atoms with E-state index in [0.29, 0.717) is 48.2 Å². The van der Waals surface area contributed by atoms with Crippen LogP contribution in [0.4, 0.5) is 0 Å². The lowest BCUT2D eigenvalue weighted by molar-refractivity contribution is -0.154. The maximum atomic E-state index is 13.6. The highest BCUT2D eigenvalue weighted by Crippen LogP contribution is 2.28. The smallest absolute Gasteiger partial charge is 0.306 e. The number of fused-ring (bicyclic) bond motifs is 1. The molecule has 0 aliphatic carbocycles. The number of hydrogen-bond acceptors (Lipinski definition) is 5. The van der Waals surface area contributed by atoms with Gasteiger partial charge in [-0.2, -0.15) is 0 Å². The molecule has 228 valence electrons. The number of imidazole rings is 1. The van der Waals surface area contributed by atoms with Gasteiger partial charge in [-0.05, 0) is 68.9 Å². The first-order chi connectivity index (χ1) is 21.2. The number of unbranched alkanes of at least 4 members (excludes halogenated alkanes) is 2. The Bertz CT molecular complexity index is 1720. The second-order valence-corrected chi connectivity index (χ2v) is 12.3. The number of rotatable bonds is 12. The largest absolute Gasteiger partial charge is 0.492 e. The number of hydrogen-bond donors (Lipinski definition) is 1. The molecule has 0 amide bonds. The van der Waals surface area contributed by atoms with Crippen molar-refractivity contribution in [2.24, 2.45) is 0 Å². The second kappa shape index (κ2) is 14.0. The highest BCUT2D eigenvalue weighted by atomic mass is 35.5. The van der Waals surface area contributed by atoms with Gasteiger partial charge in [-0.3, -0.25) is 14.2 Å². The Morgan fingerprint density at radius 1 is 0.909 bits per heavy atom. The molecule has 3 aromatic carbocycles. The lowest BCUT2D eigenvalue weighted by Crippen LogP contribution is -2.23. The van der Waals surface area contributed by atoms with Crippen molar-refractivity contribution in [1.82, 2.24) is 14.5 Å². The standard InChI is InChI=1S/C36H38ClN3O4/c1-36(2,3)44-33(41)17-11-6-12-20-43-32-19-18-26(21-28(32)37)23-30-35(42)40-24-31(27-15-9-5-10-16-27)38-29(34(40)39-30)22-25-13-7-4-8-14-25/h4-5,7-10,13-16,18-19,21,24,38H,6,11-12,17,20,22-23H2,1-3H3. The van der Waals surface area contributed by atoms with Gasteiger partial charge in [0.1, 0.15) is 17.0 Å². The van der Waals surface area contributed by atoms with Crippen LogP contribution in [0.1, 0.15) is 69.0 Å². The fourth-order valence-electron chi connectivity index (χ4n) is 5.07. The molecular weight excluding hydrogens is 574 g/mol. The van der Waals surface area contributed by atoms with Crippen molar-refractivity contribution in [3.63, 3.8) is 0 Å². The number of benzene rings is 3. The Labute approximate surface area is 263 Å². The normalized spacial score (nSPS) is 11.5. The predicted molar refractivity (Wildman–Crippen MR) is 174 cm³/mol. The first-order valence-electron chi connectivity index (χ1n) is 15.0. The van der Waals surface area contributed by atoms with E-state index in [1.165, 1.54) is 0 Å². The number of aromatic amines is 1. The van der Waals surface area contributed by atoms with E-state index in [2.05, 4.69) is 17.1 Å². The molecule has 0 radical (unpaired) electrons. The van der Waals surface area contributed by atoms with Gasteiger partial charge in [-0.15, -0.1) is 0 Å². The quantitative estimate of drug-likeness (QED) is 0.115. The van der Waals surface area contributed by atoms with Crippen molar-refractivity contribution in [2.75, 3.05) is 6.61 Å². The van der Waals surface area contributed by atoms with E-state index < -0.39 is 5.60 Å². The Balaban J connectivity index is 1.27. The van der Waals surface area contributed by atoms with Gasteiger partial charge in [0.25, 0.3) is 5.56 Å². The van der Waals surface area contributed by atoms with E-state index >= 15 is 0 Å². The molecule has 0 unspecified atom stereocenters. The summed E-state index contributed by atoms with van der Waals surface area (Å²) in [5, 5.41) is 0.483. The molecule has 0 fully saturated rings. The molecule has 8 heteroatoms. The first kappa shape index (κ1) is 31.1. The van der Waals surface area contributed by atoms with Crippen molar-refractivity contribution in [2.45, 2.75) is 64.9 Å². The lowest BCUT2D eigenvalue weighted by atomic mass is 10.1. The van der Waals surface area contributed by atoms with Crippen molar-refractivity contribution >= 4 is 17.6 Å². The number of nitrogens with one attached hydrogen (secondary N) is 1. The van der Waals surface area contributed by atoms with E-state index in [1.54, 1.807) is 4.57 Å². The molecule has 2 heterocycles. The average Bonchev–Trinajstić information content (AvgIpc) is 3.31. The van der Waals surface area contributed by atoms with Crippen LogP contribution < -0.4 is 10.3 Å². The number of ether oxygens (including phenoxy) is 2. The Kier molecular flexibility index (Phi) is 9.85. The second-order valence-electron chi connectivity index (χ2n) is 11.9. The van der Waals surface area contributed by atoms with Crippen LogP contribution >= 0.6 is 11.6 Å². The van der Waals surface area contributed by atoms with Crippen LogP contribution in [-0.4, -0.2) is 32.7 Å². The first-order valence-corrected chi connectivity index (χ1v) is 15.4. The summed E-state index contributed by atoms with van der Waals surface area (Å²) < 4.78 is 12.9. The zero-order valence-corrected chi connectivity index (χ0v) is 26.2. The van der Waals surface area contributed by atoms with Gasteiger partial charge < -0.3 is 14.5 Å². The molecule has 5 rings (SSSR count). The molecule has 0 spiro atoms. The zero-order valence-electron chi connectivity index (χ0n) is 25.4. The number of carbonyl (C=O) groups excluding carboxylic acids is 1. The minimum absolute atomic E-state index is 0.150. The Morgan fingerprint density at radius 3 is 2.34 bits per heavy atom. The summed E-state index contributed by atoms with van der Waals surface area (Å²) in [6.45, 7) is 6.10. The summed E-state index contributed by atoms with van der Waals surface area (Å²) in [6, 6.07) is 25.7. The van der Waals surface area contributed by atoms with Gasteiger partial charge in [-0.1, -0.05) is 78.3 Å². The van der Waals surface area contributed by atoms with Gasteiger partial charge in [0.05, 0.1) is 23.0 Å². The third kappa shape index (κ3) is 8.17. The van der Waals surface area contributed by atoms with Crippen molar-refractivity contribution in [1.29, 1.82) is 0 Å². The Hall–Kier alpha value is -4.36. The van der Waals surface area contributed by atoms with E-state index in [0.717, 1.165) is 47.3 Å². The van der Waals surface area contributed by atoms with Crippen LogP contribution in [0, 0.1) is 0 Å². The number of aromatic nitrogens is 3. The van der Waals surface area contributed by atoms with E-state index in [9.17, 15) is 9.59 Å². The zero-order chi connectivity index (χ0) is 31.1. The molecule has 0 atom stereocenters. The summed E-state index contributed by atoms with van der Waals surface area (Å²) in [6.07, 6.45) is 5.58. The molecular formula is C36H38ClN3O4. The number of H-pyrrole nitrogens is 1. The molecule has 0 saturated carbocycles. The molecule has 2 aliphatic heterocycles. The van der Waals surface area contributed by atoms with Gasteiger partial charge >= 0.3 is 5.97 Å². The van der Waals surface area contributed by atoms with Gasteiger partial charge in [0, 0.05) is 25.5 Å². The van der Waals surface area contributed by atoms with Crippen LogP contribution in [0.2, 0.25) is 5.02 Å². The minimum atomic E-state index is -0.459. The molecule has 44 heavy (non-hydrogen) atoms. The predicted octanol–water partition coefficient (Wildman–Crippen LogP) is 7.78. The highest BCUT2D eigenvalue weighted by Gasteiger charge is 2.21. The third-order valence-electron chi connectivity index (χ3n) is 7.13. The fourth-order valence-corrected chi connectivity index (χ4v) is 5.33. The lowest BCUT2D eigenvalue weighted by Gasteiger charge is -2.19. The summed E-state index contributed by atoms with van der Waals surface area (Å²) in [5.41, 5.74) is 4.54. The monoisotopic (exact) mass is 611 g/mol. The van der Waals surface area contributed by atoms with E-state index in [1.807, 2.05) is 93.7 Å². The minimum Gasteiger partial charge on any atom is -0.492 e. The molecule has 0 bridgehead atoms. The summed E-state index contributed by atoms with van der Waals surface area (Å²) in [5.74, 6) is 1.03. The van der Waals surface area contributed by atoms with Gasteiger partial charge in [-0.25, -0.2) is 4.98 Å². The van der Waals surface area contributed by atoms with Crippen LogP contribution in [-0.2, 0) is 22.4 Å². The van der Waals surface area contributed by atoms with Crippen molar-refractivity contribution in [3.8, 4) is 22.8 Å². The molecule has 7 nitrogen and oxygen atoms in total. The highest BCUT2D eigenvalue weighted by molar-refractivity contribution is 6.32. The Morgan fingerprint density at radius 2 is 1.64 bits per heavy atom. The molecule has 2 aliphatic rings. The topological polar surface area (TPSA) is 86.2 Å². The van der Waals surface area contributed by atoms with Crippen molar-refractivity contribution < 1.29 is 14.3 Å². The van der Waals surface area contributed by atoms with Crippen molar-refractivity contribution in [3.05, 3.63) is 123 Å². The number of esters is 1. The molecule has 0 saturated heterocycles. The summed E-state index contributed by atoms with van der Waals surface area (Å²) in [7, 11) is 0. The average molecular weight is 612 g/mol. The molecule has 0 aromatic heterocycles. The third-order valence-corrected chi connectivity index (χ3v) is 7.42. The summed E-state index contributed by atoms with van der Waals surface area (Å²) in [4.78, 5) is 33.8. The molecule has 3 aromatic rings. The van der Waals surface area contributed by atoms with Crippen LogP contribution in [0.3, 0.4) is 0 Å². The fraction of sp³-hybridized carbons (Fsp3) is 0.306. The summed E-state index contributed by atoms with van der Waals surface area (Å²) >= 11 is 6.57. The van der Waals surface area contributed by atoms with Gasteiger partial charge in [0.15, 0.2) is 5.82 Å².